The van der Waals surface area contributed by atoms with Crippen LogP contribution in [0.3, 0.4) is 0 Å². The number of rotatable bonds is 8. The Morgan fingerprint density at radius 3 is 2.50 bits per heavy atom. The monoisotopic (exact) mass is 404 g/mol. The summed E-state index contributed by atoms with van der Waals surface area (Å²) in [5.74, 6) is -0.986. The van der Waals surface area contributed by atoms with Crippen LogP contribution in [0.4, 0.5) is 5.69 Å². The summed E-state index contributed by atoms with van der Waals surface area (Å²) in [6.45, 7) is 3.36. The van der Waals surface area contributed by atoms with Gasteiger partial charge in [0.05, 0.1) is 0 Å². The number of ether oxygens (including phenoxy) is 2. The molecule has 0 heterocycles. The fourth-order valence-corrected chi connectivity index (χ4v) is 2.34. The molecule has 2 rings (SSSR count). The van der Waals surface area contributed by atoms with Crippen LogP contribution in [0.5, 0.6) is 5.75 Å². The Bertz CT molecular complexity index is 839. The summed E-state index contributed by atoms with van der Waals surface area (Å²) >= 11 is 5.79. The van der Waals surface area contributed by atoms with E-state index in [1.54, 1.807) is 42.5 Å². The maximum absolute atomic E-state index is 12.0. The Hall–Kier alpha value is -3.06. The molecule has 0 aliphatic carbocycles. The highest BCUT2D eigenvalue weighted by Gasteiger charge is 2.18. The van der Waals surface area contributed by atoms with Crippen LogP contribution in [-0.2, 0) is 14.3 Å². The molecule has 0 aliphatic rings. The third-order valence-corrected chi connectivity index (χ3v) is 3.80. The third kappa shape index (κ3) is 6.59. The smallest absolute Gasteiger partial charge is 0.347 e. The van der Waals surface area contributed by atoms with Crippen LogP contribution in [0, 0.1) is 0 Å². The molecule has 0 unspecified atom stereocenters. The van der Waals surface area contributed by atoms with Crippen LogP contribution in [0.1, 0.15) is 24.2 Å². The summed E-state index contributed by atoms with van der Waals surface area (Å²) in [5.41, 5.74) is 0.844. The summed E-state index contributed by atoms with van der Waals surface area (Å²) in [5, 5.41) is 5.80. The number of halogens is 1. The van der Waals surface area contributed by atoms with E-state index in [1.807, 2.05) is 6.92 Å². The van der Waals surface area contributed by atoms with Gasteiger partial charge in [0, 0.05) is 22.8 Å². The predicted octanol–water partition coefficient (Wildman–Crippen LogP) is 3.04. The Morgan fingerprint density at radius 2 is 1.82 bits per heavy atom. The lowest BCUT2D eigenvalue weighted by Crippen LogP contribution is -2.29. The van der Waals surface area contributed by atoms with Crippen molar-refractivity contribution >= 4 is 35.1 Å². The van der Waals surface area contributed by atoms with Crippen LogP contribution in [0.25, 0.3) is 0 Å². The molecule has 8 heteroatoms. The molecule has 0 saturated heterocycles. The molecule has 0 fully saturated rings. The van der Waals surface area contributed by atoms with Crippen LogP contribution < -0.4 is 15.4 Å². The molecule has 2 N–H and O–H groups in total. The molecule has 0 radical (unpaired) electrons. The Labute approximate surface area is 168 Å². The van der Waals surface area contributed by atoms with Crippen molar-refractivity contribution in [2.75, 3.05) is 18.5 Å². The lowest BCUT2D eigenvalue weighted by atomic mass is 10.2. The van der Waals surface area contributed by atoms with Crippen LogP contribution in [0.15, 0.2) is 48.5 Å². The number of nitrogens with one attached hydrogen (secondary N) is 2. The maximum Gasteiger partial charge on any atom is 0.347 e. The standard InChI is InChI=1S/C20H21ClN2O5/c1-3-22-19(25)14-5-4-6-16(11-14)23-18(24)12-27-20(26)13(2)28-17-9-7-15(21)8-10-17/h4-11,13H,3,12H2,1-2H3,(H,22,25)(H,23,24)/t13-/m0/s1. The summed E-state index contributed by atoms with van der Waals surface area (Å²) in [6.07, 6.45) is -0.893. The molecule has 0 aromatic heterocycles. The van der Waals surface area contributed by atoms with Gasteiger partial charge in [-0.2, -0.15) is 0 Å². The van der Waals surface area contributed by atoms with Crippen LogP contribution >= 0.6 is 11.6 Å². The van der Waals surface area contributed by atoms with E-state index >= 15 is 0 Å². The molecule has 2 aromatic carbocycles. The number of hydrogen-bond donors (Lipinski definition) is 2. The minimum Gasteiger partial charge on any atom is -0.479 e. The number of anilines is 1. The number of hydrogen-bond acceptors (Lipinski definition) is 5. The van der Waals surface area contributed by atoms with Gasteiger partial charge in [-0.15, -0.1) is 0 Å². The quantitative estimate of drug-likeness (QED) is 0.659. The first-order chi connectivity index (χ1) is 13.4. The zero-order valence-electron chi connectivity index (χ0n) is 15.5. The molecule has 1 atom stereocenters. The third-order valence-electron chi connectivity index (χ3n) is 3.55. The summed E-state index contributed by atoms with van der Waals surface area (Å²) in [6, 6.07) is 13.0. The number of amides is 2. The first-order valence-corrected chi connectivity index (χ1v) is 9.03. The van der Waals surface area contributed by atoms with Gasteiger partial charge in [-0.3, -0.25) is 9.59 Å². The Balaban J connectivity index is 1.83. The lowest BCUT2D eigenvalue weighted by molar-refractivity contribution is -0.153. The normalized spacial score (nSPS) is 11.2. The Morgan fingerprint density at radius 1 is 1.11 bits per heavy atom. The highest BCUT2D eigenvalue weighted by Crippen LogP contribution is 2.17. The molecule has 2 amide bonds. The average molecular weight is 405 g/mol. The van der Waals surface area contributed by atoms with E-state index in [0.29, 0.717) is 28.6 Å². The lowest BCUT2D eigenvalue weighted by Gasteiger charge is -2.14. The first-order valence-electron chi connectivity index (χ1n) is 8.66. The molecule has 2 aromatic rings. The number of carbonyl (C=O) groups is 3. The molecule has 7 nitrogen and oxygen atoms in total. The zero-order valence-corrected chi connectivity index (χ0v) is 16.3. The van der Waals surface area contributed by atoms with Crippen molar-refractivity contribution in [2.24, 2.45) is 0 Å². The van der Waals surface area contributed by atoms with Crippen molar-refractivity contribution in [3.63, 3.8) is 0 Å². The maximum atomic E-state index is 12.0. The molecule has 148 valence electrons. The molecule has 0 aliphatic heterocycles. The van der Waals surface area contributed by atoms with E-state index in [2.05, 4.69) is 10.6 Å². The molecule has 0 spiro atoms. The first kappa shape index (κ1) is 21.2. The van der Waals surface area contributed by atoms with Crippen molar-refractivity contribution < 1.29 is 23.9 Å². The van der Waals surface area contributed by atoms with Gasteiger partial charge in [0.2, 0.25) is 0 Å². The van der Waals surface area contributed by atoms with Crippen molar-refractivity contribution in [3.8, 4) is 5.75 Å². The largest absolute Gasteiger partial charge is 0.479 e. The summed E-state index contributed by atoms with van der Waals surface area (Å²) in [7, 11) is 0. The van der Waals surface area contributed by atoms with E-state index in [-0.39, 0.29) is 5.91 Å². The van der Waals surface area contributed by atoms with Crippen molar-refractivity contribution in [3.05, 3.63) is 59.1 Å². The van der Waals surface area contributed by atoms with Crippen molar-refractivity contribution in [2.45, 2.75) is 20.0 Å². The van der Waals surface area contributed by atoms with Gasteiger partial charge >= 0.3 is 5.97 Å². The number of esters is 1. The summed E-state index contributed by atoms with van der Waals surface area (Å²) < 4.78 is 10.4. The second-order valence-corrected chi connectivity index (χ2v) is 6.25. The molecule has 0 saturated carbocycles. The minimum atomic E-state index is -0.893. The van der Waals surface area contributed by atoms with E-state index in [9.17, 15) is 14.4 Å². The average Bonchev–Trinajstić information content (AvgIpc) is 2.68. The SMILES string of the molecule is CCNC(=O)c1cccc(NC(=O)COC(=O)[C@H](C)Oc2ccc(Cl)cc2)c1. The van der Waals surface area contributed by atoms with Gasteiger partial charge in [0.1, 0.15) is 5.75 Å². The Kier molecular flexibility index (Phi) is 7.83. The highest BCUT2D eigenvalue weighted by atomic mass is 35.5. The van der Waals surface area contributed by atoms with Crippen LogP contribution in [-0.4, -0.2) is 37.0 Å². The minimum absolute atomic E-state index is 0.238. The fraction of sp³-hybridized carbons (Fsp3) is 0.250. The second-order valence-electron chi connectivity index (χ2n) is 5.81. The topological polar surface area (TPSA) is 93.7 Å². The van der Waals surface area contributed by atoms with E-state index in [4.69, 9.17) is 21.1 Å². The van der Waals surface area contributed by atoms with Gasteiger partial charge in [-0.1, -0.05) is 17.7 Å². The van der Waals surface area contributed by atoms with Gasteiger partial charge in [-0.05, 0) is 56.3 Å². The van der Waals surface area contributed by atoms with Gasteiger partial charge in [-0.25, -0.2) is 4.79 Å². The molecular weight excluding hydrogens is 384 g/mol. The predicted molar refractivity (Wildman–Crippen MR) is 106 cm³/mol. The number of carbonyl (C=O) groups excluding carboxylic acids is 3. The van der Waals surface area contributed by atoms with Gasteiger partial charge in [0.15, 0.2) is 12.7 Å². The molecule has 28 heavy (non-hydrogen) atoms. The van der Waals surface area contributed by atoms with Crippen LogP contribution in [0.2, 0.25) is 5.02 Å². The van der Waals surface area contributed by atoms with Crippen molar-refractivity contribution in [1.82, 2.24) is 5.32 Å². The fourth-order valence-electron chi connectivity index (χ4n) is 2.22. The molecular formula is C20H21ClN2O5. The zero-order chi connectivity index (χ0) is 20.5. The second kappa shape index (κ2) is 10.3. The molecule has 0 bridgehead atoms. The van der Waals surface area contributed by atoms with Crippen molar-refractivity contribution in [1.29, 1.82) is 0 Å². The van der Waals surface area contributed by atoms with E-state index < -0.39 is 24.6 Å². The van der Waals surface area contributed by atoms with Gasteiger partial charge < -0.3 is 20.1 Å². The van der Waals surface area contributed by atoms with E-state index in [1.165, 1.54) is 13.0 Å². The highest BCUT2D eigenvalue weighted by molar-refractivity contribution is 6.30. The summed E-state index contributed by atoms with van der Waals surface area (Å²) in [4.78, 5) is 35.8. The van der Waals surface area contributed by atoms with E-state index in [0.717, 1.165) is 0 Å². The van der Waals surface area contributed by atoms with Gasteiger partial charge in [0.25, 0.3) is 11.8 Å². The number of benzene rings is 2.